The first-order chi connectivity index (χ1) is 11.9. The van der Waals surface area contributed by atoms with Crippen LogP contribution in [0.1, 0.15) is 56.7 Å². The molecule has 1 atom stereocenters. The Morgan fingerprint density at radius 2 is 1.62 bits per heavy atom. The predicted octanol–water partition coefficient (Wildman–Crippen LogP) is 3.48. The van der Waals surface area contributed by atoms with Crippen molar-refractivity contribution in [3.8, 4) is 0 Å². The molecule has 2 aromatic heterocycles. The van der Waals surface area contributed by atoms with Gasteiger partial charge < -0.3 is 5.32 Å². The van der Waals surface area contributed by atoms with Crippen LogP contribution in [0, 0.1) is 0 Å². The summed E-state index contributed by atoms with van der Waals surface area (Å²) in [4.78, 5) is 20.4. The molecule has 0 radical (unpaired) electrons. The van der Waals surface area contributed by atoms with Crippen LogP contribution in [0.25, 0.3) is 0 Å². The maximum atomic E-state index is 4.68. The number of anilines is 2. The van der Waals surface area contributed by atoms with E-state index in [1.54, 1.807) is 24.8 Å². The molecule has 4 rings (SSSR count). The molecule has 0 spiro atoms. The van der Waals surface area contributed by atoms with Crippen LogP contribution in [0.4, 0.5) is 11.8 Å². The van der Waals surface area contributed by atoms with E-state index >= 15 is 0 Å². The molecule has 2 aliphatic rings. The summed E-state index contributed by atoms with van der Waals surface area (Å²) in [5.41, 5.74) is 1.04. The van der Waals surface area contributed by atoms with Gasteiger partial charge in [0, 0.05) is 30.8 Å². The number of rotatable bonds is 4. The number of nitrogens with zero attached hydrogens (tertiary/aromatic N) is 5. The Hall–Kier alpha value is -2.08. The van der Waals surface area contributed by atoms with E-state index in [4.69, 9.17) is 0 Å². The fourth-order valence-corrected chi connectivity index (χ4v) is 4.09. The van der Waals surface area contributed by atoms with Gasteiger partial charge in [0.25, 0.3) is 0 Å². The molecule has 0 bridgehead atoms. The molecule has 126 valence electrons. The Bertz CT molecular complexity index is 656. The number of nitrogens with one attached hydrogen (secondary N) is 1. The zero-order valence-corrected chi connectivity index (χ0v) is 13.9. The van der Waals surface area contributed by atoms with Crippen molar-refractivity contribution in [2.24, 2.45) is 0 Å². The number of likely N-dealkylation sites (tertiary alicyclic amines) is 1. The highest BCUT2D eigenvalue weighted by Crippen LogP contribution is 2.38. The Morgan fingerprint density at radius 3 is 2.46 bits per heavy atom. The highest BCUT2D eigenvalue weighted by Gasteiger charge is 2.34. The summed E-state index contributed by atoms with van der Waals surface area (Å²) >= 11 is 0. The molecule has 2 fully saturated rings. The van der Waals surface area contributed by atoms with Gasteiger partial charge in [-0.2, -0.15) is 0 Å². The van der Waals surface area contributed by atoms with Gasteiger partial charge in [0.15, 0.2) is 5.82 Å². The summed E-state index contributed by atoms with van der Waals surface area (Å²) in [7, 11) is 0. The summed E-state index contributed by atoms with van der Waals surface area (Å²) in [6.07, 6.45) is 16.1. The zero-order valence-electron chi connectivity index (χ0n) is 13.9. The van der Waals surface area contributed by atoms with E-state index in [1.165, 1.54) is 45.1 Å². The van der Waals surface area contributed by atoms with Crippen LogP contribution >= 0.6 is 0 Å². The van der Waals surface area contributed by atoms with E-state index in [-0.39, 0.29) is 0 Å². The van der Waals surface area contributed by atoms with Crippen molar-refractivity contribution in [1.29, 1.82) is 0 Å². The first-order valence-corrected chi connectivity index (χ1v) is 9.02. The summed E-state index contributed by atoms with van der Waals surface area (Å²) in [5, 5.41) is 3.25. The third-order valence-corrected chi connectivity index (χ3v) is 5.18. The second-order valence-corrected chi connectivity index (χ2v) is 6.68. The van der Waals surface area contributed by atoms with Gasteiger partial charge in [-0.05, 0) is 38.3 Å². The lowest BCUT2D eigenvalue weighted by Gasteiger charge is -2.35. The minimum Gasteiger partial charge on any atom is -0.307 e. The normalized spacial score (nSPS) is 22.6. The average molecular weight is 324 g/mol. The molecule has 2 aromatic rings. The maximum absolute atomic E-state index is 4.68. The van der Waals surface area contributed by atoms with E-state index in [0.717, 1.165) is 17.9 Å². The van der Waals surface area contributed by atoms with E-state index in [0.29, 0.717) is 18.0 Å². The molecular formula is C18H24N6. The number of hydrogen-bond acceptors (Lipinski definition) is 6. The van der Waals surface area contributed by atoms with Crippen molar-refractivity contribution in [2.45, 2.75) is 57.0 Å². The third-order valence-electron chi connectivity index (χ3n) is 5.18. The van der Waals surface area contributed by atoms with Gasteiger partial charge in [-0.3, -0.25) is 9.88 Å². The van der Waals surface area contributed by atoms with Crippen LogP contribution in [0.2, 0.25) is 0 Å². The molecule has 6 nitrogen and oxygen atoms in total. The van der Waals surface area contributed by atoms with Crippen molar-refractivity contribution in [1.82, 2.24) is 24.8 Å². The van der Waals surface area contributed by atoms with Crippen molar-refractivity contribution in [3.05, 3.63) is 36.5 Å². The van der Waals surface area contributed by atoms with Crippen molar-refractivity contribution in [3.63, 3.8) is 0 Å². The summed E-state index contributed by atoms with van der Waals surface area (Å²) in [6.45, 7) is 1.17. The molecule has 1 saturated heterocycles. The molecule has 1 saturated carbocycles. The standard InChI is InChI=1S/C18H24N6/c1-2-6-14(7-3-1)24-13-4-8-15(24)16-17(20-12-11-19-16)23-18-21-9-5-10-22-18/h5,9-12,14-15H,1-4,6-8,13H2,(H,20,21,22,23)/t15-/m1/s1. The van der Waals surface area contributed by atoms with E-state index in [1.807, 2.05) is 6.07 Å². The van der Waals surface area contributed by atoms with Crippen LogP contribution in [-0.4, -0.2) is 37.4 Å². The minimum absolute atomic E-state index is 0.355. The Kier molecular flexibility index (Phi) is 4.64. The highest BCUT2D eigenvalue weighted by atomic mass is 15.2. The van der Waals surface area contributed by atoms with Crippen LogP contribution < -0.4 is 5.32 Å². The molecule has 1 aliphatic heterocycles. The Balaban J connectivity index is 1.58. The van der Waals surface area contributed by atoms with Crippen LogP contribution in [0.5, 0.6) is 0 Å². The van der Waals surface area contributed by atoms with Gasteiger partial charge in [-0.1, -0.05) is 19.3 Å². The van der Waals surface area contributed by atoms with E-state index < -0.39 is 0 Å². The quantitative estimate of drug-likeness (QED) is 0.929. The van der Waals surface area contributed by atoms with Gasteiger partial charge in [0.1, 0.15) is 5.69 Å². The van der Waals surface area contributed by atoms with E-state index in [2.05, 4.69) is 30.2 Å². The lowest BCUT2D eigenvalue weighted by molar-refractivity contribution is 0.140. The number of hydrogen-bond donors (Lipinski definition) is 1. The summed E-state index contributed by atoms with van der Waals surface area (Å²) < 4.78 is 0. The van der Waals surface area contributed by atoms with Gasteiger partial charge in [0.2, 0.25) is 5.95 Å². The zero-order chi connectivity index (χ0) is 16.2. The van der Waals surface area contributed by atoms with Crippen molar-refractivity contribution < 1.29 is 0 Å². The molecule has 1 aliphatic carbocycles. The topological polar surface area (TPSA) is 66.8 Å². The first-order valence-electron chi connectivity index (χ1n) is 9.02. The average Bonchev–Trinajstić information content (AvgIpc) is 3.13. The lowest BCUT2D eigenvalue weighted by atomic mass is 9.93. The van der Waals surface area contributed by atoms with Crippen LogP contribution in [0.15, 0.2) is 30.9 Å². The first kappa shape index (κ1) is 15.4. The fourth-order valence-electron chi connectivity index (χ4n) is 4.09. The molecule has 3 heterocycles. The second-order valence-electron chi connectivity index (χ2n) is 6.68. The Labute approximate surface area is 142 Å². The molecule has 0 unspecified atom stereocenters. The SMILES string of the molecule is c1cnc(Nc2nccnc2[C@H]2CCCN2C2CCCCC2)nc1. The van der Waals surface area contributed by atoms with Gasteiger partial charge in [-0.15, -0.1) is 0 Å². The maximum Gasteiger partial charge on any atom is 0.228 e. The minimum atomic E-state index is 0.355. The van der Waals surface area contributed by atoms with E-state index in [9.17, 15) is 0 Å². The smallest absolute Gasteiger partial charge is 0.228 e. The third kappa shape index (κ3) is 3.24. The van der Waals surface area contributed by atoms with Gasteiger partial charge >= 0.3 is 0 Å². The van der Waals surface area contributed by atoms with Crippen molar-refractivity contribution in [2.75, 3.05) is 11.9 Å². The van der Waals surface area contributed by atoms with Gasteiger partial charge in [-0.25, -0.2) is 15.0 Å². The predicted molar refractivity (Wildman–Crippen MR) is 92.9 cm³/mol. The number of aromatic nitrogens is 4. The summed E-state index contributed by atoms with van der Waals surface area (Å²) in [5.74, 6) is 1.36. The lowest BCUT2D eigenvalue weighted by Crippen LogP contribution is -2.36. The molecular weight excluding hydrogens is 300 g/mol. The fraction of sp³-hybridized carbons (Fsp3) is 0.556. The molecule has 24 heavy (non-hydrogen) atoms. The Morgan fingerprint density at radius 1 is 0.833 bits per heavy atom. The van der Waals surface area contributed by atoms with Gasteiger partial charge in [0.05, 0.1) is 6.04 Å². The van der Waals surface area contributed by atoms with Crippen LogP contribution in [0.3, 0.4) is 0 Å². The summed E-state index contributed by atoms with van der Waals surface area (Å²) in [6, 6.07) is 2.87. The molecule has 1 N–H and O–H groups in total. The highest BCUT2D eigenvalue weighted by molar-refractivity contribution is 5.51. The van der Waals surface area contributed by atoms with Crippen molar-refractivity contribution >= 4 is 11.8 Å². The molecule has 0 aromatic carbocycles. The molecule has 0 amide bonds. The molecule has 6 heteroatoms. The monoisotopic (exact) mass is 324 g/mol. The van der Waals surface area contributed by atoms with Crippen LogP contribution in [-0.2, 0) is 0 Å². The second kappa shape index (κ2) is 7.21. The largest absolute Gasteiger partial charge is 0.307 e.